The lowest BCUT2D eigenvalue weighted by Crippen LogP contribution is -2.70. The minimum absolute atomic E-state index is 0.0895. The molecule has 0 unspecified atom stereocenters. The van der Waals surface area contributed by atoms with Gasteiger partial charge in [0.2, 0.25) is 0 Å². The van der Waals surface area contributed by atoms with Crippen LogP contribution in [0.5, 0.6) is 0 Å². The molecule has 0 spiro atoms. The maximum atomic E-state index is 11.8. The zero-order chi connectivity index (χ0) is 24.4. The molecule has 11 atom stereocenters. The van der Waals surface area contributed by atoms with Crippen LogP contribution < -0.4 is 0 Å². The van der Waals surface area contributed by atoms with Gasteiger partial charge in [-0.25, -0.2) is 0 Å². The number of fused-ring (bicyclic) bond motifs is 7. The first kappa shape index (κ1) is 24.6. The first-order chi connectivity index (χ1) is 15.0. The molecular formula is C30H52O3. The van der Waals surface area contributed by atoms with E-state index in [0.29, 0.717) is 29.1 Å². The average Bonchev–Trinajstić information content (AvgIpc) is 3.03. The van der Waals surface area contributed by atoms with Crippen molar-refractivity contribution in [2.45, 2.75) is 131 Å². The molecule has 5 aliphatic rings. The lowest BCUT2D eigenvalue weighted by molar-refractivity contribution is -0.279. The summed E-state index contributed by atoms with van der Waals surface area (Å²) in [5.74, 6) is 2.49. The smallest absolute Gasteiger partial charge is 0.0622 e. The molecule has 0 bridgehead atoms. The predicted octanol–water partition coefficient (Wildman–Crippen LogP) is 6.19. The quantitative estimate of drug-likeness (QED) is 0.437. The lowest BCUT2D eigenvalue weighted by Gasteiger charge is -2.74. The molecule has 190 valence electrons. The Kier molecular flexibility index (Phi) is 5.21. The summed E-state index contributed by atoms with van der Waals surface area (Å²) >= 11 is 0. The summed E-state index contributed by atoms with van der Waals surface area (Å²) in [6.07, 6.45) is 9.56. The second-order valence-corrected chi connectivity index (χ2v) is 15.6. The molecule has 0 radical (unpaired) electrons. The number of hydrogen-bond acceptors (Lipinski definition) is 3. The normalized spacial score (nSPS) is 58.1. The summed E-state index contributed by atoms with van der Waals surface area (Å²) in [5.41, 5.74) is -0.0822. The Bertz CT molecular complexity index is 799. The first-order valence-corrected chi connectivity index (χ1v) is 14.1. The van der Waals surface area contributed by atoms with Crippen LogP contribution in [0.3, 0.4) is 0 Å². The minimum Gasteiger partial charge on any atom is -0.393 e. The molecule has 5 saturated carbocycles. The van der Waals surface area contributed by atoms with Gasteiger partial charge in [0.1, 0.15) is 0 Å². The second kappa shape index (κ2) is 7.00. The van der Waals surface area contributed by atoms with Crippen molar-refractivity contribution in [1.82, 2.24) is 0 Å². The summed E-state index contributed by atoms with van der Waals surface area (Å²) in [5, 5.41) is 33.7. The van der Waals surface area contributed by atoms with Crippen LogP contribution in [0.25, 0.3) is 0 Å². The molecule has 0 heterocycles. The minimum atomic E-state index is -0.590. The van der Waals surface area contributed by atoms with Crippen molar-refractivity contribution in [3.8, 4) is 0 Å². The Labute approximate surface area is 203 Å². The van der Waals surface area contributed by atoms with Crippen LogP contribution in [-0.2, 0) is 0 Å². The van der Waals surface area contributed by atoms with E-state index in [1.165, 1.54) is 32.1 Å². The highest BCUT2D eigenvalue weighted by Crippen LogP contribution is 2.78. The van der Waals surface area contributed by atoms with E-state index in [0.717, 1.165) is 25.7 Å². The standard InChI is InChI=1S/C30H52O3/c1-25(2)23(32)13-15-28(6)22-10-9-21-27(5)14-11-18(26(3,4)33)19(27)12-16-29(21,7)30(22,8)17-20(31)24(25)28/h18-24,31-33H,9-17H2,1-8H3/t18-,19-,20-,21+,22+,23-,24-,27-,28+,29+,30+/m0/s1. The first-order valence-electron chi connectivity index (χ1n) is 14.1. The summed E-state index contributed by atoms with van der Waals surface area (Å²) in [6, 6.07) is 0. The molecule has 0 amide bonds. The highest BCUT2D eigenvalue weighted by atomic mass is 16.3. The van der Waals surface area contributed by atoms with E-state index in [4.69, 9.17) is 0 Å². The van der Waals surface area contributed by atoms with Crippen molar-refractivity contribution >= 4 is 0 Å². The van der Waals surface area contributed by atoms with Gasteiger partial charge in [-0.1, -0.05) is 41.5 Å². The monoisotopic (exact) mass is 460 g/mol. The Balaban J connectivity index is 1.54. The van der Waals surface area contributed by atoms with Crippen molar-refractivity contribution in [3.05, 3.63) is 0 Å². The highest BCUT2D eigenvalue weighted by molar-refractivity contribution is 5.21. The van der Waals surface area contributed by atoms with Gasteiger partial charge in [0.15, 0.2) is 0 Å². The lowest BCUT2D eigenvalue weighted by atomic mass is 9.31. The SMILES string of the molecule is CC(C)(O)[C@H]1CC[C@]2(C)[C@H]3CC[C@@H]4[C@@]5(C)CC[C@H](O)C(C)(C)[C@@H]5[C@@H](O)C[C@@]4(C)[C@]3(C)CC[C@@H]12. The van der Waals surface area contributed by atoms with E-state index in [9.17, 15) is 15.3 Å². The fourth-order valence-electron chi connectivity index (χ4n) is 12.2. The van der Waals surface area contributed by atoms with Crippen molar-refractivity contribution in [1.29, 1.82) is 0 Å². The highest BCUT2D eigenvalue weighted by Gasteiger charge is 2.72. The summed E-state index contributed by atoms with van der Waals surface area (Å²) in [6.45, 7) is 18.7. The number of rotatable bonds is 1. The molecule has 5 aliphatic carbocycles. The molecule has 0 aliphatic heterocycles. The van der Waals surface area contributed by atoms with E-state index in [1.54, 1.807) is 0 Å². The van der Waals surface area contributed by atoms with Gasteiger partial charge in [0, 0.05) is 0 Å². The molecule has 3 N–H and O–H groups in total. The van der Waals surface area contributed by atoms with Gasteiger partial charge in [0.25, 0.3) is 0 Å². The summed E-state index contributed by atoms with van der Waals surface area (Å²) < 4.78 is 0. The van der Waals surface area contributed by atoms with Gasteiger partial charge in [-0.2, -0.15) is 0 Å². The summed E-state index contributed by atoms with van der Waals surface area (Å²) in [4.78, 5) is 0. The van der Waals surface area contributed by atoms with Crippen LogP contribution in [0.1, 0.15) is 113 Å². The summed E-state index contributed by atoms with van der Waals surface area (Å²) in [7, 11) is 0. The topological polar surface area (TPSA) is 60.7 Å². The molecular weight excluding hydrogens is 408 g/mol. The number of aliphatic hydroxyl groups is 3. The van der Waals surface area contributed by atoms with Crippen molar-refractivity contribution in [2.75, 3.05) is 0 Å². The predicted molar refractivity (Wildman–Crippen MR) is 134 cm³/mol. The Hall–Kier alpha value is -0.120. The van der Waals surface area contributed by atoms with Crippen molar-refractivity contribution in [3.63, 3.8) is 0 Å². The molecule has 5 rings (SSSR count). The van der Waals surface area contributed by atoms with Crippen LogP contribution in [-0.4, -0.2) is 33.1 Å². The molecule has 3 nitrogen and oxygen atoms in total. The fourth-order valence-corrected chi connectivity index (χ4v) is 12.2. The molecule has 33 heavy (non-hydrogen) atoms. The Morgan fingerprint density at radius 1 is 0.697 bits per heavy atom. The molecule has 5 fully saturated rings. The van der Waals surface area contributed by atoms with Gasteiger partial charge in [-0.05, 0) is 128 Å². The van der Waals surface area contributed by atoms with E-state index >= 15 is 0 Å². The Morgan fingerprint density at radius 2 is 1.27 bits per heavy atom. The molecule has 0 aromatic carbocycles. The van der Waals surface area contributed by atoms with Gasteiger partial charge >= 0.3 is 0 Å². The number of aliphatic hydroxyl groups excluding tert-OH is 2. The maximum absolute atomic E-state index is 11.8. The van der Waals surface area contributed by atoms with Crippen molar-refractivity contribution < 1.29 is 15.3 Å². The second-order valence-electron chi connectivity index (χ2n) is 15.6. The van der Waals surface area contributed by atoms with E-state index < -0.39 is 5.60 Å². The molecule has 0 aromatic rings. The zero-order valence-electron chi connectivity index (χ0n) is 22.7. The van der Waals surface area contributed by atoms with E-state index in [2.05, 4.69) is 41.5 Å². The molecule has 0 aromatic heterocycles. The van der Waals surface area contributed by atoms with Gasteiger partial charge in [0.05, 0.1) is 17.8 Å². The maximum Gasteiger partial charge on any atom is 0.0622 e. The van der Waals surface area contributed by atoms with E-state index in [1.807, 2.05) is 13.8 Å². The fraction of sp³-hybridized carbons (Fsp3) is 1.00. The van der Waals surface area contributed by atoms with Crippen LogP contribution in [0, 0.1) is 56.7 Å². The third kappa shape index (κ3) is 2.91. The largest absolute Gasteiger partial charge is 0.393 e. The van der Waals surface area contributed by atoms with E-state index in [-0.39, 0.29) is 39.8 Å². The van der Waals surface area contributed by atoms with Gasteiger partial charge < -0.3 is 15.3 Å². The zero-order valence-corrected chi connectivity index (χ0v) is 22.7. The van der Waals surface area contributed by atoms with Crippen LogP contribution >= 0.6 is 0 Å². The van der Waals surface area contributed by atoms with Crippen molar-refractivity contribution in [2.24, 2.45) is 56.7 Å². The number of hydrogen-bond donors (Lipinski definition) is 3. The van der Waals surface area contributed by atoms with Crippen LogP contribution in [0.4, 0.5) is 0 Å². The molecule has 0 saturated heterocycles. The van der Waals surface area contributed by atoms with Crippen LogP contribution in [0.2, 0.25) is 0 Å². The average molecular weight is 461 g/mol. The van der Waals surface area contributed by atoms with Crippen LogP contribution in [0.15, 0.2) is 0 Å². The molecule has 3 heteroatoms. The third-order valence-corrected chi connectivity index (χ3v) is 13.7. The van der Waals surface area contributed by atoms with Gasteiger partial charge in [-0.15, -0.1) is 0 Å². The van der Waals surface area contributed by atoms with Gasteiger partial charge in [-0.3, -0.25) is 0 Å². The Morgan fingerprint density at radius 3 is 1.88 bits per heavy atom. The third-order valence-electron chi connectivity index (χ3n) is 13.7.